The van der Waals surface area contributed by atoms with Crippen LogP contribution in [0, 0.1) is 11.8 Å². The number of urea groups is 1. The van der Waals surface area contributed by atoms with E-state index < -0.39 is 9.84 Å². The summed E-state index contributed by atoms with van der Waals surface area (Å²) in [6.07, 6.45) is 9.14. The zero-order valence-electron chi connectivity index (χ0n) is 12.5. The van der Waals surface area contributed by atoms with Gasteiger partial charge in [0, 0.05) is 12.6 Å². The summed E-state index contributed by atoms with van der Waals surface area (Å²) < 4.78 is 23.4. The molecule has 3 rings (SSSR count). The van der Waals surface area contributed by atoms with E-state index in [1.54, 1.807) is 0 Å². The molecule has 2 N–H and O–H groups in total. The van der Waals surface area contributed by atoms with Crippen molar-refractivity contribution in [3.63, 3.8) is 0 Å². The molecule has 2 saturated carbocycles. The smallest absolute Gasteiger partial charge is 0.315 e. The molecule has 3 fully saturated rings. The average Bonchev–Trinajstić information content (AvgIpc) is 3.13. The molecule has 0 bridgehead atoms. The van der Waals surface area contributed by atoms with E-state index in [1.165, 1.54) is 32.1 Å². The van der Waals surface area contributed by atoms with Crippen LogP contribution in [-0.4, -0.2) is 38.0 Å². The van der Waals surface area contributed by atoms with Crippen LogP contribution >= 0.6 is 0 Å². The molecule has 0 aromatic heterocycles. The van der Waals surface area contributed by atoms with Crippen LogP contribution in [0.3, 0.4) is 0 Å². The SMILES string of the molecule is O=C(NC[C@@H]1CCCS1(=O)=O)N[C@H]1C[C@H]1C1CCCCC1. The summed E-state index contributed by atoms with van der Waals surface area (Å²) in [7, 11) is -2.97. The van der Waals surface area contributed by atoms with Gasteiger partial charge in [0.05, 0.1) is 11.0 Å². The first-order valence-corrected chi connectivity index (χ1v) is 10.0. The molecule has 2 amide bonds. The molecule has 0 spiro atoms. The van der Waals surface area contributed by atoms with E-state index in [-0.39, 0.29) is 23.6 Å². The highest BCUT2D eigenvalue weighted by Crippen LogP contribution is 2.44. The second-order valence-electron chi connectivity index (χ2n) is 6.89. The van der Waals surface area contributed by atoms with Gasteiger partial charge >= 0.3 is 6.03 Å². The predicted octanol–water partition coefficient (Wildman–Crippen LogP) is 1.83. The molecule has 3 atom stereocenters. The Bertz CT molecular complexity index is 485. The third kappa shape index (κ3) is 3.71. The van der Waals surface area contributed by atoms with E-state index in [4.69, 9.17) is 0 Å². The number of sulfone groups is 1. The molecular weight excluding hydrogens is 288 g/mol. The van der Waals surface area contributed by atoms with Gasteiger partial charge in [-0.3, -0.25) is 0 Å². The first-order chi connectivity index (χ1) is 10.1. The quantitative estimate of drug-likeness (QED) is 0.831. The fraction of sp³-hybridized carbons (Fsp3) is 0.933. The van der Waals surface area contributed by atoms with Crippen LogP contribution in [-0.2, 0) is 9.84 Å². The number of rotatable bonds is 4. The van der Waals surface area contributed by atoms with Gasteiger partial charge in [0.1, 0.15) is 0 Å². The molecule has 21 heavy (non-hydrogen) atoms. The van der Waals surface area contributed by atoms with E-state index in [0.29, 0.717) is 18.4 Å². The summed E-state index contributed by atoms with van der Waals surface area (Å²) in [4.78, 5) is 11.9. The van der Waals surface area contributed by atoms with Gasteiger partial charge in [-0.2, -0.15) is 0 Å². The summed E-state index contributed by atoms with van der Waals surface area (Å²) in [6.45, 7) is 0.259. The van der Waals surface area contributed by atoms with Gasteiger partial charge in [-0.25, -0.2) is 13.2 Å². The van der Waals surface area contributed by atoms with Gasteiger partial charge < -0.3 is 10.6 Å². The number of carbonyl (C=O) groups is 1. The molecule has 0 unspecified atom stereocenters. The lowest BCUT2D eigenvalue weighted by molar-refractivity contribution is 0.238. The Kier molecular flexibility index (Phi) is 4.43. The molecule has 0 radical (unpaired) electrons. The van der Waals surface area contributed by atoms with Gasteiger partial charge in [-0.1, -0.05) is 32.1 Å². The van der Waals surface area contributed by atoms with Crippen molar-refractivity contribution in [2.45, 2.75) is 62.7 Å². The molecule has 1 heterocycles. The summed E-state index contributed by atoms with van der Waals surface area (Å²) in [5.41, 5.74) is 0. The Morgan fingerprint density at radius 2 is 1.81 bits per heavy atom. The van der Waals surface area contributed by atoms with E-state index in [9.17, 15) is 13.2 Å². The Morgan fingerprint density at radius 3 is 2.48 bits per heavy atom. The van der Waals surface area contributed by atoms with Gasteiger partial charge in [-0.15, -0.1) is 0 Å². The highest BCUT2D eigenvalue weighted by molar-refractivity contribution is 7.92. The molecule has 6 heteroatoms. The Hall–Kier alpha value is -0.780. The Morgan fingerprint density at radius 1 is 1.05 bits per heavy atom. The summed E-state index contributed by atoms with van der Waals surface area (Å²) in [5, 5.41) is 5.38. The molecular formula is C15H26N2O3S. The molecule has 3 aliphatic rings. The largest absolute Gasteiger partial charge is 0.337 e. The zero-order valence-corrected chi connectivity index (χ0v) is 13.3. The minimum atomic E-state index is -2.97. The molecule has 120 valence electrons. The number of hydrogen-bond acceptors (Lipinski definition) is 3. The standard InChI is InChI=1S/C15H26N2O3S/c18-15(16-10-12-7-4-8-21(12,19)20)17-14-9-13(14)11-5-2-1-3-6-11/h11-14H,1-10H2,(H2,16,17,18)/t12-,13-,14-/m0/s1. The monoisotopic (exact) mass is 314 g/mol. The maximum atomic E-state index is 11.9. The molecule has 5 nitrogen and oxygen atoms in total. The minimum Gasteiger partial charge on any atom is -0.337 e. The van der Waals surface area contributed by atoms with Crippen molar-refractivity contribution in [2.75, 3.05) is 12.3 Å². The van der Waals surface area contributed by atoms with Crippen LogP contribution in [0.15, 0.2) is 0 Å². The lowest BCUT2D eigenvalue weighted by atomic mass is 9.85. The molecule has 0 aromatic rings. The van der Waals surface area contributed by atoms with Crippen LogP contribution in [0.1, 0.15) is 51.4 Å². The minimum absolute atomic E-state index is 0.194. The number of amides is 2. The highest BCUT2D eigenvalue weighted by Gasteiger charge is 2.43. The van der Waals surface area contributed by atoms with Gasteiger partial charge in [0.25, 0.3) is 0 Å². The first-order valence-electron chi connectivity index (χ1n) is 8.32. The zero-order chi connectivity index (χ0) is 14.9. The summed E-state index contributed by atoms with van der Waals surface area (Å²) in [5.74, 6) is 1.72. The van der Waals surface area contributed by atoms with E-state index >= 15 is 0 Å². The number of nitrogens with one attached hydrogen (secondary N) is 2. The maximum absolute atomic E-state index is 11.9. The summed E-state index contributed by atoms with van der Waals surface area (Å²) in [6, 6.07) is 0.119. The van der Waals surface area contributed by atoms with E-state index in [0.717, 1.165) is 18.8 Å². The van der Waals surface area contributed by atoms with Crippen molar-refractivity contribution in [2.24, 2.45) is 11.8 Å². The third-order valence-electron chi connectivity index (χ3n) is 5.36. The number of hydrogen-bond donors (Lipinski definition) is 2. The van der Waals surface area contributed by atoms with Crippen molar-refractivity contribution in [1.29, 1.82) is 0 Å². The lowest BCUT2D eigenvalue weighted by Crippen LogP contribution is -2.42. The topological polar surface area (TPSA) is 75.3 Å². The van der Waals surface area contributed by atoms with Crippen LogP contribution in [0.4, 0.5) is 4.79 Å². The van der Waals surface area contributed by atoms with Crippen molar-refractivity contribution in [3.05, 3.63) is 0 Å². The van der Waals surface area contributed by atoms with Crippen LogP contribution in [0.5, 0.6) is 0 Å². The second kappa shape index (κ2) is 6.15. The first kappa shape index (κ1) is 15.1. The van der Waals surface area contributed by atoms with Gasteiger partial charge in [0.15, 0.2) is 9.84 Å². The average molecular weight is 314 g/mol. The fourth-order valence-electron chi connectivity index (χ4n) is 3.98. The van der Waals surface area contributed by atoms with Crippen molar-refractivity contribution >= 4 is 15.9 Å². The second-order valence-corrected chi connectivity index (χ2v) is 9.29. The van der Waals surface area contributed by atoms with Crippen molar-refractivity contribution in [1.82, 2.24) is 10.6 Å². The molecule has 0 aromatic carbocycles. The molecule has 2 aliphatic carbocycles. The normalized spacial score (nSPS) is 35.3. The van der Waals surface area contributed by atoms with Gasteiger partial charge in [0.2, 0.25) is 0 Å². The maximum Gasteiger partial charge on any atom is 0.315 e. The van der Waals surface area contributed by atoms with Crippen LogP contribution < -0.4 is 10.6 Å². The Balaban J connectivity index is 1.37. The van der Waals surface area contributed by atoms with E-state index in [1.807, 2.05) is 0 Å². The third-order valence-corrected chi connectivity index (χ3v) is 7.64. The molecule has 1 saturated heterocycles. The van der Waals surface area contributed by atoms with E-state index in [2.05, 4.69) is 10.6 Å². The molecule has 1 aliphatic heterocycles. The van der Waals surface area contributed by atoms with Crippen LogP contribution in [0.25, 0.3) is 0 Å². The van der Waals surface area contributed by atoms with Crippen molar-refractivity contribution < 1.29 is 13.2 Å². The summed E-state index contributed by atoms with van der Waals surface area (Å²) >= 11 is 0. The predicted molar refractivity (Wildman–Crippen MR) is 81.8 cm³/mol. The highest BCUT2D eigenvalue weighted by atomic mass is 32.2. The number of carbonyl (C=O) groups excluding carboxylic acids is 1. The lowest BCUT2D eigenvalue weighted by Gasteiger charge is -2.21. The van der Waals surface area contributed by atoms with Gasteiger partial charge in [-0.05, 0) is 31.1 Å². The fourth-order valence-corrected chi connectivity index (χ4v) is 5.74. The van der Waals surface area contributed by atoms with Crippen LogP contribution in [0.2, 0.25) is 0 Å². The Labute approximate surface area is 127 Å². The van der Waals surface area contributed by atoms with Crippen molar-refractivity contribution in [3.8, 4) is 0 Å².